The van der Waals surface area contributed by atoms with Crippen LogP contribution in [0.2, 0.25) is 0 Å². The lowest BCUT2D eigenvalue weighted by molar-refractivity contribution is -0.164. The molecule has 1 aliphatic carbocycles. The van der Waals surface area contributed by atoms with E-state index < -0.39 is 66.0 Å². The minimum atomic E-state index is -0.991. The Morgan fingerprint density at radius 3 is 2.60 bits per heavy atom. The summed E-state index contributed by atoms with van der Waals surface area (Å²) in [5.74, 6) is -1.31. The number of esters is 2. The quantitative estimate of drug-likeness (QED) is 0.148. The summed E-state index contributed by atoms with van der Waals surface area (Å²) in [4.78, 5) is 55.1. The summed E-state index contributed by atoms with van der Waals surface area (Å²) in [6, 6.07) is 7.93. The van der Waals surface area contributed by atoms with Crippen LogP contribution in [0.25, 0.3) is 5.69 Å². The molecular formula is C28H32N4O10. The van der Waals surface area contributed by atoms with Crippen LogP contribution in [0.15, 0.2) is 57.2 Å². The summed E-state index contributed by atoms with van der Waals surface area (Å²) >= 11 is 0. The van der Waals surface area contributed by atoms with Crippen LogP contribution < -0.4 is 11.4 Å². The van der Waals surface area contributed by atoms with Crippen LogP contribution in [0.4, 0.5) is 0 Å². The van der Waals surface area contributed by atoms with Crippen molar-refractivity contribution in [2.24, 2.45) is 11.1 Å². The van der Waals surface area contributed by atoms with Gasteiger partial charge < -0.3 is 28.9 Å². The topological polar surface area (TPSA) is 165 Å². The van der Waals surface area contributed by atoms with Crippen molar-refractivity contribution in [1.29, 1.82) is 0 Å². The molecule has 1 aromatic carbocycles. The number of para-hydroxylation sites is 1. The van der Waals surface area contributed by atoms with Gasteiger partial charge in [-0.1, -0.05) is 29.4 Å². The van der Waals surface area contributed by atoms with Gasteiger partial charge >= 0.3 is 23.3 Å². The molecule has 8 atom stereocenters. The number of carbonyl (C=O) groups excluding carboxylic acids is 2. The Kier molecular flexibility index (Phi) is 7.60. The van der Waals surface area contributed by atoms with Crippen LogP contribution in [0, 0.1) is 5.92 Å². The number of hydrogen-bond acceptors (Lipinski definition) is 11. The lowest BCUT2D eigenvalue weighted by Crippen LogP contribution is -2.53. The van der Waals surface area contributed by atoms with Gasteiger partial charge in [-0.3, -0.25) is 9.59 Å². The summed E-state index contributed by atoms with van der Waals surface area (Å²) in [5.41, 5.74) is 0.0516. The maximum atomic E-state index is 13.5. The number of benzene rings is 1. The number of rotatable bonds is 8. The van der Waals surface area contributed by atoms with Crippen LogP contribution in [0.1, 0.15) is 32.7 Å². The Morgan fingerprint density at radius 2 is 1.86 bits per heavy atom. The molecule has 1 aromatic heterocycles. The standard InChI is InChI=1S/C28H32N4O10/c1-15(33)38-14-21-20(40-16(2)34)9-8-18(41-21)11-13-39-29-22-19-10-12-30-27(36)31(17-6-4-3-5-7-17)28(37)32(30)23(19)24(35)26-25(22)42-26/h3-9,18-21,23-26,35H,10-14H2,1-2H3/b29-22+/t18-,19+,20+,21-,23-,24+,25-,26-/m1/s1. The largest absolute Gasteiger partial charge is 0.463 e. The van der Waals surface area contributed by atoms with Crippen molar-refractivity contribution in [3.8, 4) is 5.69 Å². The van der Waals surface area contributed by atoms with Crippen LogP contribution in [0.3, 0.4) is 0 Å². The lowest BCUT2D eigenvalue weighted by Gasteiger charge is -2.38. The van der Waals surface area contributed by atoms with E-state index in [2.05, 4.69) is 5.16 Å². The molecule has 0 radical (unpaired) electrons. The monoisotopic (exact) mass is 584 g/mol. The molecule has 1 saturated heterocycles. The number of aromatic nitrogens is 3. The van der Waals surface area contributed by atoms with Gasteiger partial charge in [0, 0.05) is 32.7 Å². The first-order chi connectivity index (χ1) is 20.2. The van der Waals surface area contributed by atoms with E-state index >= 15 is 0 Å². The Balaban J connectivity index is 1.15. The lowest BCUT2D eigenvalue weighted by atomic mass is 9.78. The average molecular weight is 585 g/mol. The summed E-state index contributed by atoms with van der Waals surface area (Å²) in [7, 11) is 0. The molecule has 42 heavy (non-hydrogen) atoms. The van der Waals surface area contributed by atoms with Gasteiger partial charge in [-0.2, -0.15) is 0 Å². The van der Waals surface area contributed by atoms with Crippen molar-refractivity contribution in [3.63, 3.8) is 0 Å². The highest BCUT2D eigenvalue weighted by atomic mass is 16.6. The van der Waals surface area contributed by atoms with Crippen molar-refractivity contribution < 1.29 is 38.5 Å². The molecule has 0 unspecified atom stereocenters. The molecule has 4 heterocycles. The first kappa shape index (κ1) is 28.1. The van der Waals surface area contributed by atoms with E-state index in [0.29, 0.717) is 24.2 Å². The van der Waals surface area contributed by atoms with Gasteiger partial charge in [-0.25, -0.2) is 23.5 Å². The Hall–Kier alpha value is -4.01. The van der Waals surface area contributed by atoms with Crippen LogP contribution in [-0.4, -0.2) is 86.5 Å². The molecule has 0 spiro atoms. The predicted octanol–water partition coefficient (Wildman–Crippen LogP) is 0.0847. The second-order valence-corrected chi connectivity index (χ2v) is 10.7. The zero-order valence-corrected chi connectivity index (χ0v) is 23.1. The molecule has 1 saturated carbocycles. The Bertz CT molecular complexity index is 1530. The molecule has 4 aliphatic rings. The van der Waals surface area contributed by atoms with Gasteiger partial charge in [-0.15, -0.1) is 0 Å². The van der Waals surface area contributed by atoms with Crippen molar-refractivity contribution in [1.82, 2.24) is 13.9 Å². The SMILES string of the molecule is CC(=O)OC[C@H]1O[C@@H](CCO/N=C2/[C@H]3O[C@@H]3[C@@H](O)[C@H]3[C@H]2CCn2c(=O)n(-c4ccccc4)c(=O)n23)C=C[C@@H]1OC(C)=O. The number of carbonyl (C=O) groups is 2. The number of ether oxygens (including phenoxy) is 4. The number of hydrogen-bond donors (Lipinski definition) is 1. The third kappa shape index (κ3) is 5.21. The van der Waals surface area contributed by atoms with Gasteiger partial charge in [-0.05, 0) is 24.6 Å². The average Bonchev–Trinajstić information content (AvgIpc) is 3.73. The highest BCUT2D eigenvalue weighted by Crippen LogP contribution is 2.46. The Morgan fingerprint density at radius 1 is 1.07 bits per heavy atom. The maximum Gasteiger partial charge on any atom is 0.352 e. The summed E-state index contributed by atoms with van der Waals surface area (Å²) in [6.07, 6.45) is 0.622. The van der Waals surface area contributed by atoms with E-state index in [1.165, 1.54) is 23.2 Å². The number of aliphatic hydroxyl groups is 1. The van der Waals surface area contributed by atoms with Gasteiger partial charge in [0.1, 0.15) is 43.7 Å². The van der Waals surface area contributed by atoms with Gasteiger partial charge in [0.25, 0.3) is 0 Å². The molecule has 0 bridgehead atoms. The molecule has 224 valence electrons. The van der Waals surface area contributed by atoms with E-state index in [1.54, 1.807) is 42.5 Å². The fraction of sp³-hybridized carbons (Fsp3) is 0.536. The summed E-state index contributed by atoms with van der Waals surface area (Å²) in [6.45, 7) is 2.95. The van der Waals surface area contributed by atoms with Crippen molar-refractivity contribution in [2.75, 3.05) is 13.2 Å². The molecule has 2 aromatic rings. The van der Waals surface area contributed by atoms with Crippen molar-refractivity contribution >= 4 is 17.7 Å². The normalized spacial score (nSPS) is 31.9. The molecule has 2 fully saturated rings. The summed E-state index contributed by atoms with van der Waals surface area (Å²) < 4.78 is 25.9. The van der Waals surface area contributed by atoms with Gasteiger partial charge in [0.15, 0.2) is 0 Å². The third-order valence-corrected chi connectivity index (χ3v) is 7.95. The number of nitrogens with zero attached hydrogens (tertiary/aromatic N) is 4. The van der Waals surface area contributed by atoms with Crippen LogP contribution >= 0.6 is 0 Å². The summed E-state index contributed by atoms with van der Waals surface area (Å²) in [5, 5.41) is 15.5. The molecular weight excluding hydrogens is 552 g/mol. The smallest absolute Gasteiger partial charge is 0.352 e. The Labute approximate surface area is 239 Å². The first-order valence-electron chi connectivity index (χ1n) is 13.9. The van der Waals surface area contributed by atoms with E-state index in [1.807, 2.05) is 0 Å². The van der Waals surface area contributed by atoms with Gasteiger partial charge in [0.2, 0.25) is 0 Å². The van der Waals surface area contributed by atoms with Crippen molar-refractivity contribution in [2.45, 2.75) is 75.9 Å². The fourth-order valence-corrected chi connectivity index (χ4v) is 6.04. The van der Waals surface area contributed by atoms with Crippen LogP contribution in [0.5, 0.6) is 0 Å². The molecule has 1 N–H and O–H groups in total. The number of oxime groups is 1. The minimum absolute atomic E-state index is 0.0699. The fourth-order valence-electron chi connectivity index (χ4n) is 6.04. The zero-order valence-electron chi connectivity index (χ0n) is 23.1. The van der Waals surface area contributed by atoms with E-state index in [-0.39, 0.29) is 25.7 Å². The van der Waals surface area contributed by atoms with Gasteiger partial charge in [0.05, 0.1) is 23.5 Å². The minimum Gasteiger partial charge on any atom is -0.463 e. The van der Waals surface area contributed by atoms with Crippen molar-refractivity contribution in [3.05, 3.63) is 63.5 Å². The molecule has 3 aliphatic heterocycles. The maximum absolute atomic E-state index is 13.5. The number of fused-ring (bicyclic) bond motifs is 4. The number of epoxide rings is 1. The second-order valence-electron chi connectivity index (χ2n) is 10.7. The van der Waals surface area contributed by atoms with E-state index in [9.17, 15) is 24.3 Å². The molecule has 14 heteroatoms. The van der Waals surface area contributed by atoms with E-state index in [4.69, 9.17) is 23.8 Å². The highest BCUT2D eigenvalue weighted by molar-refractivity contribution is 5.94. The molecule has 14 nitrogen and oxygen atoms in total. The second kappa shape index (κ2) is 11.3. The number of aliphatic hydroxyl groups excluding tert-OH is 1. The zero-order chi connectivity index (χ0) is 29.5. The van der Waals surface area contributed by atoms with E-state index in [0.717, 1.165) is 4.57 Å². The molecule has 0 amide bonds. The highest BCUT2D eigenvalue weighted by Gasteiger charge is 2.61. The third-order valence-electron chi connectivity index (χ3n) is 7.95. The first-order valence-corrected chi connectivity index (χ1v) is 13.9. The van der Waals surface area contributed by atoms with Crippen LogP contribution in [-0.2, 0) is 39.9 Å². The molecule has 6 rings (SSSR count). The predicted molar refractivity (Wildman–Crippen MR) is 144 cm³/mol.